The van der Waals surface area contributed by atoms with E-state index in [2.05, 4.69) is 0 Å². The van der Waals surface area contributed by atoms with Gasteiger partial charge < -0.3 is 0 Å². The van der Waals surface area contributed by atoms with Crippen molar-refractivity contribution in [3.63, 3.8) is 0 Å². The predicted molar refractivity (Wildman–Crippen MR) is 55.2 cm³/mol. The van der Waals surface area contributed by atoms with Crippen LogP contribution in [0.5, 0.6) is 0 Å². The molecule has 0 saturated carbocycles. The molecule has 0 aliphatic carbocycles. The van der Waals surface area contributed by atoms with Crippen LogP contribution in [0.4, 0.5) is 0 Å². The van der Waals surface area contributed by atoms with E-state index in [1.807, 2.05) is 24.0 Å². The third-order valence-electron chi connectivity index (χ3n) is 1.66. The maximum Gasteiger partial charge on any atom is 0.143 e. The summed E-state index contributed by atoms with van der Waals surface area (Å²) in [5.74, 6) is 3.67. The average molecular weight is 220 g/mol. The van der Waals surface area contributed by atoms with Crippen molar-refractivity contribution in [3.05, 3.63) is 42.4 Å². The molecule has 2 rings (SSSR count). The lowest BCUT2D eigenvalue weighted by Gasteiger charge is -1.68. The quantitative estimate of drug-likeness (QED) is 0.631. The minimum Gasteiger partial charge on any atom is -0.232 e. The molecule has 0 aromatic carbocycles. The highest BCUT2D eigenvalue weighted by Gasteiger charge is 1.89. The molecule has 2 aromatic rings. The second-order valence-electron chi connectivity index (χ2n) is 2.53. The van der Waals surface area contributed by atoms with E-state index < -0.39 is 0 Å². The summed E-state index contributed by atoms with van der Waals surface area (Å²) >= 11 is 2.73. The Bertz CT molecular complexity index is 636. The minimum atomic E-state index is 0.574. The lowest BCUT2D eigenvalue weighted by atomic mass is 10.5. The van der Waals surface area contributed by atoms with Gasteiger partial charge in [-0.2, -0.15) is 0 Å². The largest absolute Gasteiger partial charge is 0.232 e. The maximum absolute atomic E-state index is 10.3. The molecule has 2 nitrogen and oxygen atoms in total. The van der Waals surface area contributed by atoms with Crippen molar-refractivity contribution in [2.75, 3.05) is 0 Å². The Balaban J connectivity index is 2.96. The van der Waals surface area contributed by atoms with Gasteiger partial charge in [0.2, 0.25) is 0 Å². The zero-order valence-electron chi connectivity index (χ0n) is 6.94. The summed E-state index contributed by atoms with van der Waals surface area (Å²) in [5, 5.41) is 0. The third kappa shape index (κ3) is 1.60. The van der Waals surface area contributed by atoms with Crippen molar-refractivity contribution in [2.24, 2.45) is 0 Å². The van der Waals surface area contributed by atoms with E-state index in [-0.39, 0.29) is 0 Å². The standard InChI is InChI=1S/C10H4O2S2/c11-5-7-1-3-9(13-7)10-4-2-8(6-12)14-10/h1-4H. The van der Waals surface area contributed by atoms with Crippen LogP contribution >= 0.6 is 22.7 Å². The number of hydrogen-bond acceptors (Lipinski definition) is 4. The summed E-state index contributed by atoms with van der Waals surface area (Å²) in [6.07, 6.45) is 0. The molecule has 4 heteroatoms. The summed E-state index contributed by atoms with van der Waals surface area (Å²) in [4.78, 5) is 20.7. The topological polar surface area (TPSA) is 34.1 Å². The van der Waals surface area contributed by atoms with E-state index in [1.54, 1.807) is 12.1 Å². The first-order valence-corrected chi connectivity index (χ1v) is 5.43. The molecule has 2 aromatic heterocycles. The van der Waals surface area contributed by atoms with Gasteiger partial charge in [0.25, 0.3) is 0 Å². The predicted octanol–water partition coefficient (Wildman–Crippen LogP) is 0.103. The zero-order chi connectivity index (χ0) is 9.97. The molecular formula is C10H4O2S2. The van der Waals surface area contributed by atoms with Crippen LogP contribution in [0.3, 0.4) is 0 Å². The van der Waals surface area contributed by atoms with Crippen LogP contribution in [0, 0.1) is 9.06 Å². The Labute approximate surface area is 86.8 Å². The molecule has 14 heavy (non-hydrogen) atoms. The Morgan fingerprint density at radius 2 is 1.21 bits per heavy atom. The fourth-order valence-electron chi connectivity index (χ4n) is 1.05. The van der Waals surface area contributed by atoms with Crippen molar-refractivity contribution in [3.8, 4) is 0 Å². The summed E-state index contributed by atoms with van der Waals surface area (Å²) in [6, 6.07) is 7.14. The molecule has 2 heterocycles. The number of hydrogen-bond donors (Lipinski definition) is 0. The van der Waals surface area contributed by atoms with Crippen molar-refractivity contribution in [2.45, 2.75) is 0 Å². The van der Waals surface area contributed by atoms with Gasteiger partial charge in [-0.25, -0.2) is 9.59 Å². The van der Waals surface area contributed by atoms with Crippen LogP contribution in [0.2, 0.25) is 0 Å². The molecule has 0 N–H and O–H groups in total. The molecule has 0 radical (unpaired) electrons. The molecule has 0 aliphatic heterocycles. The van der Waals surface area contributed by atoms with E-state index in [0.717, 1.165) is 9.06 Å². The zero-order valence-corrected chi connectivity index (χ0v) is 8.58. The summed E-state index contributed by atoms with van der Waals surface area (Å²) in [5.41, 5.74) is 0. The lowest BCUT2D eigenvalue weighted by Crippen LogP contribution is -1.88. The van der Waals surface area contributed by atoms with Gasteiger partial charge in [-0.1, -0.05) is 0 Å². The van der Waals surface area contributed by atoms with Gasteiger partial charge in [0.15, 0.2) is 0 Å². The molecule has 0 amide bonds. The molecule has 0 atom stereocenters. The van der Waals surface area contributed by atoms with Crippen LogP contribution in [0.1, 0.15) is 0 Å². The summed E-state index contributed by atoms with van der Waals surface area (Å²) in [7, 11) is 0. The van der Waals surface area contributed by atoms with E-state index in [0.29, 0.717) is 9.06 Å². The second kappa shape index (κ2) is 3.74. The van der Waals surface area contributed by atoms with Crippen molar-refractivity contribution in [1.82, 2.24) is 0 Å². The Hall–Kier alpha value is -1.44. The van der Waals surface area contributed by atoms with E-state index >= 15 is 0 Å². The fraction of sp³-hybridized carbons (Fsp3) is 0. The molecule has 0 bridgehead atoms. The van der Waals surface area contributed by atoms with Crippen LogP contribution in [-0.2, 0) is 9.59 Å². The highest BCUT2D eigenvalue weighted by molar-refractivity contribution is 7.11. The van der Waals surface area contributed by atoms with Gasteiger partial charge in [-0.3, -0.25) is 0 Å². The van der Waals surface area contributed by atoms with E-state index in [1.165, 1.54) is 22.7 Å². The van der Waals surface area contributed by atoms with Crippen molar-refractivity contribution < 1.29 is 9.59 Å². The van der Waals surface area contributed by atoms with Gasteiger partial charge in [0, 0.05) is 9.06 Å². The second-order valence-corrected chi connectivity index (χ2v) is 4.70. The van der Waals surface area contributed by atoms with Gasteiger partial charge >= 0.3 is 0 Å². The van der Waals surface area contributed by atoms with Gasteiger partial charge in [0.05, 0.1) is 0 Å². The highest BCUT2D eigenvalue weighted by atomic mass is 32.1. The first kappa shape index (κ1) is 9.13. The van der Waals surface area contributed by atoms with Gasteiger partial charge in [-0.05, 0) is 24.3 Å². The average Bonchev–Trinajstić information content (AvgIpc) is 2.86. The SMILES string of the molecule is O=C=c1ccc(=c2ccc(=C=O)s2)s1. The number of thiophene rings is 2. The first-order chi connectivity index (χ1) is 6.83. The number of carbonyl (C=O) groups excluding carboxylic acids is 2. The van der Waals surface area contributed by atoms with Crippen LogP contribution < -0.4 is 9.06 Å². The molecular weight excluding hydrogens is 216 g/mol. The van der Waals surface area contributed by atoms with Gasteiger partial charge in [-0.15, -0.1) is 22.7 Å². The molecule has 68 valence electrons. The summed E-state index contributed by atoms with van der Waals surface area (Å²) < 4.78 is 3.11. The molecule has 0 unspecified atom stereocenters. The Morgan fingerprint density at radius 3 is 1.50 bits per heavy atom. The first-order valence-electron chi connectivity index (χ1n) is 3.80. The monoisotopic (exact) mass is 220 g/mol. The fourth-order valence-corrected chi connectivity index (χ4v) is 2.74. The maximum atomic E-state index is 10.3. The van der Waals surface area contributed by atoms with Crippen LogP contribution in [-0.4, -0.2) is 11.9 Å². The number of rotatable bonds is 0. The molecule has 0 saturated heterocycles. The van der Waals surface area contributed by atoms with Crippen molar-refractivity contribution in [1.29, 1.82) is 0 Å². The van der Waals surface area contributed by atoms with E-state index in [4.69, 9.17) is 0 Å². The lowest BCUT2D eigenvalue weighted by molar-refractivity contribution is 0.567. The normalized spacial score (nSPS) is 12.0. The molecule has 0 aliphatic rings. The molecule has 0 fully saturated rings. The third-order valence-corrected chi connectivity index (χ3v) is 3.82. The highest BCUT2D eigenvalue weighted by Crippen LogP contribution is 2.01. The van der Waals surface area contributed by atoms with Crippen molar-refractivity contribution >= 4 is 34.6 Å². The van der Waals surface area contributed by atoms with Gasteiger partial charge in [0.1, 0.15) is 20.9 Å². The van der Waals surface area contributed by atoms with E-state index in [9.17, 15) is 9.59 Å². The minimum absolute atomic E-state index is 0.574. The Kier molecular flexibility index (Phi) is 2.44. The Morgan fingerprint density at radius 1 is 0.786 bits per heavy atom. The van der Waals surface area contributed by atoms with Crippen LogP contribution in [0.25, 0.3) is 0 Å². The summed E-state index contributed by atoms with van der Waals surface area (Å²) in [6.45, 7) is 0. The smallest absolute Gasteiger partial charge is 0.143 e. The molecule has 0 spiro atoms. The van der Waals surface area contributed by atoms with Crippen LogP contribution in [0.15, 0.2) is 24.3 Å².